The van der Waals surface area contributed by atoms with E-state index in [-0.39, 0.29) is 5.41 Å². The van der Waals surface area contributed by atoms with Crippen LogP contribution >= 0.6 is 0 Å². The molecule has 2 nitrogen and oxygen atoms in total. The van der Waals surface area contributed by atoms with Gasteiger partial charge in [0.25, 0.3) is 0 Å². The molecule has 0 saturated carbocycles. The number of hydrogen-bond acceptors (Lipinski definition) is 1. The van der Waals surface area contributed by atoms with Gasteiger partial charge < -0.3 is 9.88 Å². The van der Waals surface area contributed by atoms with Crippen molar-refractivity contribution < 1.29 is 0 Å². The molecular weight excluding hydrogens is 579 g/mol. The lowest BCUT2D eigenvalue weighted by Gasteiger charge is -2.46. The quantitative estimate of drug-likeness (QED) is 0.192. The number of nitrogens with zero attached hydrogens (tertiary/aromatic N) is 1. The Balaban J connectivity index is 1.32. The molecule has 3 heterocycles. The van der Waals surface area contributed by atoms with Crippen molar-refractivity contribution in [2.75, 3.05) is 4.90 Å². The summed E-state index contributed by atoms with van der Waals surface area (Å²) in [6.07, 6.45) is 0. The summed E-state index contributed by atoms with van der Waals surface area (Å²) >= 11 is 0. The van der Waals surface area contributed by atoms with Gasteiger partial charge in [-0.1, -0.05) is 116 Å². The maximum Gasteiger partial charge on any atom is 0.198 e. The first-order valence-electron chi connectivity index (χ1n) is 17.1. The van der Waals surface area contributed by atoms with E-state index in [1.165, 1.54) is 105 Å². The fraction of sp³-hybridized carbons (Fsp3) is 0.111. The highest BCUT2D eigenvalue weighted by molar-refractivity contribution is 6.73. The number of H-pyrrole nitrogens is 1. The molecule has 0 amide bonds. The monoisotopic (exact) mass is 614 g/mol. The molecule has 2 aliphatic heterocycles. The van der Waals surface area contributed by atoms with Crippen molar-refractivity contribution in [3.63, 3.8) is 0 Å². The molecule has 48 heavy (non-hydrogen) atoms. The number of nitrogens with one attached hydrogen (secondary N) is 1. The molecule has 0 unspecified atom stereocenters. The molecule has 0 spiro atoms. The van der Waals surface area contributed by atoms with Crippen molar-refractivity contribution in [1.29, 1.82) is 0 Å². The predicted octanol–water partition coefficient (Wildman–Crippen LogP) is 10.2. The molecule has 0 bridgehead atoms. The Morgan fingerprint density at radius 2 is 1.31 bits per heavy atom. The van der Waals surface area contributed by atoms with E-state index in [0.717, 1.165) is 7.28 Å². The average molecular weight is 615 g/mol. The number of aromatic nitrogens is 1. The van der Waals surface area contributed by atoms with Gasteiger partial charge in [-0.25, -0.2) is 0 Å². The first-order chi connectivity index (χ1) is 23.4. The lowest BCUT2D eigenvalue weighted by molar-refractivity contribution is 0.632. The Labute approximate surface area is 281 Å². The summed E-state index contributed by atoms with van der Waals surface area (Å²) in [6.45, 7) is 9.26. The summed E-state index contributed by atoms with van der Waals surface area (Å²) in [6, 6.07) is 47.8. The van der Waals surface area contributed by atoms with E-state index in [4.69, 9.17) is 0 Å². The first kappa shape index (κ1) is 27.6. The highest BCUT2D eigenvalue weighted by Crippen LogP contribution is 2.53. The number of para-hydroxylation sites is 3. The van der Waals surface area contributed by atoms with Gasteiger partial charge in [-0.15, -0.1) is 0 Å². The van der Waals surface area contributed by atoms with Gasteiger partial charge in [0, 0.05) is 38.6 Å². The lowest BCUT2D eigenvalue weighted by atomic mass is 9.55. The van der Waals surface area contributed by atoms with Crippen molar-refractivity contribution in [2.24, 2.45) is 0 Å². The molecule has 7 aromatic carbocycles. The molecule has 228 valence electrons. The normalized spacial score (nSPS) is 14.1. The maximum atomic E-state index is 3.90. The van der Waals surface area contributed by atoms with Gasteiger partial charge in [-0.05, 0) is 99.4 Å². The molecule has 0 saturated heterocycles. The predicted molar refractivity (Wildman–Crippen MR) is 207 cm³/mol. The SMILES string of the molecule is Cc1cccc(C)c1-c1cc(-c2cccc3c2[nH]c2cc4ccccc4cc23)c2c(c1)N1c3ccccc3C(C)(C)c3cccc(c31)B2. The topological polar surface area (TPSA) is 19.0 Å². The van der Waals surface area contributed by atoms with Gasteiger partial charge in [-0.3, -0.25) is 0 Å². The van der Waals surface area contributed by atoms with Gasteiger partial charge in [0.2, 0.25) is 0 Å². The minimum Gasteiger partial charge on any atom is -0.354 e. The Morgan fingerprint density at radius 3 is 2.15 bits per heavy atom. The van der Waals surface area contributed by atoms with Gasteiger partial charge in [0.05, 0.1) is 11.2 Å². The molecule has 1 aromatic heterocycles. The summed E-state index contributed by atoms with van der Waals surface area (Å²) in [5.74, 6) is 0. The van der Waals surface area contributed by atoms with Crippen LogP contribution in [0.1, 0.15) is 36.1 Å². The molecule has 0 aliphatic carbocycles. The Bertz CT molecular complexity index is 2640. The van der Waals surface area contributed by atoms with Gasteiger partial charge >= 0.3 is 0 Å². The van der Waals surface area contributed by atoms with Crippen molar-refractivity contribution in [3.8, 4) is 22.3 Å². The zero-order valence-corrected chi connectivity index (χ0v) is 27.8. The Morgan fingerprint density at radius 1 is 0.604 bits per heavy atom. The highest BCUT2D eigenvalue weighted by atomic mass is 15.2. The third kappa shape index (κ3) is 3.70. The second-order valence-electron chi connectivity index (χ2n) is 14.4. The standard InChI is InChI=1S/C45H35BN2/c1-26-12-9-13-27(2)41(26)30-23-34(32-17-10-16-31-33-22-28-14-5-6-15-29(28)24-38(33)47-43(31)32)42-40(25-30)48-39-21-8-7-18-35(39)45(3,4)36-19-11-20-37(46-42)44(36)48/h5-25,46-47H,1-4H3. The number of benzene rings is 7. The van der Waals surface area contributed by atoms with E-state index >= 15 is 0 Å². The lowest BCUT2D eigenvalue weighted by Crippen LogP contribution is -2.45. The molecule has 8 aromatic rings. The summed E-state index contributed by atoms with van der Waals surface area (Å²) in [5, 5.41) is 5.06. The molecule has 2 aliphatic rings. The van der Waals surface area contributed by atoms with Crippen molar-refractivity contribution in [3.05, 3.63) is 150 Å². The largest absolute Gasteiger partial charge is 0.354 e. The number of hydrogen-bond donors (Lipinski definition) is 1. The molecular formula is C45H35BN2. The van der Waals surface area contributed by atoms with E-state index < -0.39 is 0 Å². The minimum atomic E-state index is -0.0948. The van der Waals surface area contributed by atoms with Crippen LogP contribution in [0.3, 0.4) is 0 Å². The molecule has 1 N–H and O–H groups in total. The average Bonchev–Trinajstić information content (AvgIpc) is 3.46. The van der Waals surface area contributed by atoms with Crippen molar-refractivity contribution in [2.45, 2.75) is 33.1 Å². The third-order valence-electron chi connectivity index (χ3n) is 11.2. The zero-order valence-electron chi connectivity index (χ0n) is 27.8. The fourth-order valence-electron chi connectivity index (χ4n) is 8.94. The van der Waals surface area contributed by atoms with Crippen LogP contribution < -0.4 is 15.8 Å². The van der Waals surface area contributed by atoms with E-state index in [1.807, 2.05) is 0 Å². The van der Waals surface area contributed by atoms with Crippen LogP contribution in [-0.2, 0) is 5.41 Å². The van der Waals surface area contributed by atoms with E-state index in [2.05, 4.69) is 165 Å². The number of rotatable bonds is 2. The second kappa shape index (κ2) is 9.75. The van der Waals surface area contributed by atoms with Crippen molar-refractivity contribution in [1.82, 2.24) is 4.98 Å². The summed E-state index contributed by atoms with van der Waals surface area (Å²) < 4.78 is 0. The molecule has 0 fully saturated rings. The number of anilines is 3. The smallest absolute Gasteiger partial charge is 0.198 e. The number of fused-ring (bicyclic) bond motifs is 8. The van der Waals surface area contributed by atoms with Gasteiger partial charge in [-0.2, -0.15) is 0 Å². The Kier molecular flexibility index (Phi) is 5.60. The van der Waals surface area contributed by atoms with Crippen molar-refractivity contribution >= 4 is 67.8 Å². The molecule has 10 rings (SSSR count). The van der Waals surface area contributed by atoms with Crippen LogP contribution in [-0.4, -0.2) is 12.3 Å². The van der Waals surface area contributed by atoms with Crippen LogP contribution in [0.2, 0.25) is 0 Å². The van der Waals surface area contributed by atoms with Crippen LogP contribution in [0.25, 0.3) is 54.8 Å². The highest BCUT2D eigenvalue weighted by Gasteiger charge is 2.41. The van der Waals surface area contributed by atoms with Crippen LogP contribution in [0.5, 0.6) is 0 Å². The summed E-state index contributed by atoms with van der Waals surface area (Å²) in [5.41, 5.74) is 19.5. The molecule has 0 atom stereocenters. The summed E-state index contributed by atoms with van der Waals surface area (Å²) in [4.78, 5) is 6.49. The fourth-order valence-corrected chi connectivity index (χ4v) is 8.94. The molecule has 3 heteroatoms. The Hall–Kier alpha value is -5.54. The number of aryl methyl sites for hydroxylation is 2. The van der Waals surface area contributed by atoms with Crippen LogP contribution in [0, 0.1) is 13.8 Å². The van der Waals surface area contributed by atoms with Gasteiger partial charge in [0.15, 0.2) is 7.28 Å². The van der Waals surface area contributed by atoms with E-state index in [1.54, 1.807) is 0 Å². The maximum absolute atomic E-state index is 3.90. The van der Waals surface area contributed by atoms with E-state index in [0.29, 0.717) is 0 Å². The minimum absolute atomic E-state index is 0.0948. The van der Waals surface area contributed by atoms with Gasteiger partial charge in [0.1, 0.15) is 0 Å². The van der Waals surface area contributed by atoms with Crippen LogP contribution in [0.4, 0.5) is 17.1 Å². The molecule has 0 radical (unpaired) electrons. The van der Waals surface area contributed by atoms with E-state index in [9.17, 15) is 0 Å². The summed E-state index contributed by atoms with van der Waals surface area (Å²) in [7, 11) is 0.885. The first-order valence-corrected chi connectivity index (χ1v) is 17.1. The number of aromatic amines is 1. The second-order valence-corrected chi connectivity index (χ2v) is 14.4. The van der Waals surface area contributed by atoms with Crippen LogP contribution in [0.15, 0.2) is 127 Å². The third-order valence-corrected chi connectivity index (χ3v) is 11.2. The zero-order chi connectivity index (χ0) is 32.3.